The Labute approximate surface area is 172 Å². The molecule has 0 radical (unpaired) electrons. The van der Waals surface area contributed by atoms with Crippen LogP contribution in [0.5, 0.6) is 0 Å². The van der Waals surface area contributed by atoms with Crippen LogP contribution >= 0.6 is 0 Å². The van der Waals surface area contributed by atoms with Gasteiger partial charge in [-0.1, -0.05) is 32.0 Å². The number of nitrogens with zero attached hydrogens (tertiary/aromatic N) is 1. The van der Waals surface area contributed by atoms with Crippen molar-refractivity contribution < 1.29 is 17.9 Å². The second-order valence-electron chi connectivity index (χ2n) is 7.93. The topological polar surface area (TPSA) is 75.7 Å². The summed E-state index contributed by atoms with van der Waals surface area (Å²) in [6, 6.07) is 12.2. The van der Waals surface area contributed by atoms with Gasteiger partial charge in [0.25, 0.3) is 0 Å². The molecule has 6 nitrogen and oxygen atoms in total. The summed E-state index contributed by atoms with van der Waals surface area (Å²) in [5.74, 6) is -0.0354. The number of methoxy groups -OCH3 is 1. The Balaban J connectivity index is 1.66. The van der Waals surface area contributed by atoms with Crippen molar-refractivity contribution in [1.82, 2.24) is 4.90 Å². The van der Waals surface area contributed by atoms with Gasteiger partial charge >= 0.3 is 5.97 Å². The number of hydrogen-bond donors (Lipinski definition) is 1. The molecule has 1 aliphatic rings. The molecule has 7 heteroatoms. The first-order valence-corrected chi connectivity index (χ1v) is 11.4. The summed E-state index contributed by atoms with van der Waals surface area (Å²) in [6.45, 7) is 7.24. The van der Waals surface area contributed by atoms with Crippen LogP contribution in [0, 0.1) is 5.92 Å². The van der Waals surface area contributed by atoms with E-state index in [9.17, 15) is 13.2 Å². The number of anilines is 1. The maximum atomic E-state index is 12.6. The number of carbonyl (C=O) groups is 1. The molecule has 0 saturated heterocycles. The van der Waals surface area contributed by atoms with Crippen LogP contribution in [0.15, 0.2) is 42.5 Å². The van der Waals surface area contributed by atoms with E-state index in [1.807, 2.05) is 18.2 Å². The van der Waals surface area contributed by atoms with Crippen LogP contribution in [0.2, 0.25) is 0 Å². The summed E-state index contributed by atoms with van der Waals surface area (Å²) in [6.07, 6.45) is 1.15. The number of nitrogens with one attached hydrogen (secondary N) is 1. The predicted molar refractivity (Wildman–Crippen MR) is 114 cm³/mol. The highest BCUT2D eigenvalue weighted by Crippen LogP contribution is 2.27. The predicted octanol–water partition coefficient (Wildman–Crippen LogP) is 3.78. The SMILES string of the molecule is COC(=O)c1cccc(CS(=O)(=O)Nc2ccc3c(c2)CN(CCC(C)C)C3)c1. The molecule has 2 aromatic carbocycles. The van der Waals surface area contributed by atoms with E-state index in [4.69, 9.17) is 4.74 Å². The van der Waals surface area contributed by atoms with Gasteiger partial charge in [0.15, 0.2) is 0 Å². The zero-order chi connectivity index (χ0) is 21.0. The summed E-state index contributed by atoms with van der Waals surface area (Å²) in [7, 11) is -2.31. The van der Waals surface area contributed by atoms with Gasteiger partial charge in [-0.2, -0.15) is 0 Å². The van der Waals surface area contributed by atoms with Crippen LogP contribution in [0.25, 0.3) is 0 Å². The maximum absolute atomic E-state index is 12.6. The van der Waals surface area contributed by atoms with Gasteiger partial charge in [0, 0.05) is 18.8 Å². The lowest BCUT2D eigenvalue weighted by Gasteiger charge is -2.15. The van der Waals surface area contributed by atoms with Crippen LogP contribution < -0.4 is 4.72 Å². The molecule has 156 valence electrons. The van der Waals surface area contributed by atoms with Crippen molar-refractivity contribution in [2.24, 2.45) is 5.92 Å². The van der Waals surface area contributed by atoms with Crippen LogP contribution in [-0.2, 0) is 33.6 Å². The largest absolute Gasteiger partial charge is 0.465 e. The number of benzene rings is 2. The van der Waals surface area contributed by atoms with Crippen molar-refractivity contribution in [3.63, 3.8) is 0 Å². The molecule has 0 spiro atoms. The summed E-state index contributed by atoms with van der Waals surface area (Å²) in [5, 5.41) is 0. The van der Waals surface area contributed by atoms with Gasteiger partial charge in [0.05, 0.1) is 18.4 Å². The van der Waals surface area contributed by atoms with Gasteiger partial charge in [0.2, 0.25) is 10.0 Å². The minimum absolute atomic E-state index is 0.213. The first kappa shape index (κ1) is 21.3. The minimum Gasteiger partial charge on any atom is -0.465 e. The van der Waals surface area contributed by atoms with Crippen molar-refractivity contribution in [1.29, 1.82) is 0 Å². The molecule has 1 heterocycles. The Bertz CT molecular complexity index is 986. The molecule has 0 atom stereocenters. The lowest BCUT2D eigenvalue weighted by molar-refractivity contribution is 0.0600. The Morgan fingerprint density at radius 3 is 2.62 bits per heavy atom. The highest BCUT2D eigenvalue weighted by molar-refractivity contribution is 7.91. The number of hydrogen-bond acceptors (Lipinski definition) is 5. The zero-order valence-corrected chi connectivity index (χ0v) is 18.0. The van der Waals surface area contributed by atoms with Gasteiger partial charge in [-0.25, -0.2) is 13.2 Å². The first-order chi connectivity index (χ1) is 13.8. The van der Waals surface area contributed by atoms with E-state index in [2.05, 4.69) is 23.5 Å². The Morgan fingerprint density at radius 1 is 1.14 bits per heavy atom. The standard InChI is InChI=1S/C22H28N2O4S/c1-16(2)9-10-24-13-19-7-8-21(12-20(19)14-24)23-29(26,27)15-17-5-4-6-18(11-17)22(25)28-3/h4-8,11-12,16,23H,9-10,13-15H2,1-3H3. The molecule has 0 amide bonds. The molecular weight excluding hydrogens is 388 g/mol. The Hall–Kier alpha value is -2.38. The quantitative estimate of drug-likeness (QED) is 0.663. The van der Waals surface area contributed by atoms with Gasteiger partial charge in [-0.15, -0.1) is 0 Å². The molecular formula is C22H28N2O4S. The fraction of sp³-hybridized carbons (Fsp3) is 0.409. The van der Waals surface area contributed by atoms with Gasteiger partial charge in [0.1, 0.15) is 0 Å². The fourth-order valence-electron chi connectivity index (χ4n) is 3.47. The van der Waals surface area contributed by atoms with E-state index >= 15 is 0 Å². The third kappa shape index (κ3) is 5.81. The van der Waals surface area contributed by atoms with E-state index < -0.39 is 16.0 Å². The minimum atomic E-state index is -3.60. The normalized spacial score (nSPS) is 14.1. The average Bonchev–Trinajstić information content (AvgIpc) is 3.07. The van der Waals surface area contributed by atoms with E-state index in [1.54, 1.807) is 24.3 Å². The van der Waals surface area contributed by atoms with Crippen molar-refractivity contribution in [2.45, 2.75) is 39.1 Å². The number of rotatable bonds is 8. The summed E-state index contributed by atoms with van der Waals surface area (Å²) in [4.78, 5) is 14.0. The van der Waals surface area contributed by atoms with Crippen LogP contribution in [0.3, 0.4) is 0 Å². The lowest BCUT2D eigenvalue weighted by atomic mass is 10.1. The fourth-order valence-corrected chi connectivity index (χ4v) is 4.65. The summed E-state index contributed by atoms with van der Waals surface area (Å²) in [5.41, 5.74) is 3.85. The molecule has 2 aromatic rings. The van der Waals surface area contributed by atoms with Gasteiger partial charge in [-0.05, 0) is 59.8 Å². The molecule has 0 unspecified atom stereocenters. The third-order valence-electron chi connectivity index (χ3n) is 4.99. The number of esters is 1. The van der Waals surface area contributed by atoms with Crippen LogP contribution in [0.1, 0.15) is 47.3 Å². The molecule has 29 heavy (non-hydrogen) atoms. The van der Waals surface area contributed by atoms with E-state index in [0.717, 1.165) is 26.1 Å². The molecule has 0 aromatic heterocycles. The molecule has 0 aliphatic carbocycles. The molecule has 0 saturated carbocycles. The molecule has 3 rings (SSSR count). The zero-order valence-electron chi connectivity index (χ0n) is 17.1. The molecule has 0 fully saturated rings. The summed E-state index contributed by atoms with van der Waals surface area (Å²) >= 11 is 0. The second-order valence-corrected chi connectivity index (χ2v) is 9.65. The van der Waals surface area contributed by atoms with Gasteiger partial charge < -0.3 is 4.74 Å². The summed E-state index contributed by atoms with van der Waals surface area (Å²) < 4.78 is 32.6. The monoisotopic (exact) mass is 416 g/mol. The van der Waals surface area contributed by atoms with Crippen LogP contribution in [-0.4, -0.2) is 32.9 Å². The Morgan fingerprint density at radius 2 is 1.90 bits per heavy atom. The smallest absolute Gasteiger partial charge is 0.337 e. The number of sulfonamides is 1. The molecule has 1 N–H and O–H groups in total. The third-order valence-corrected chi connectivity index (χ3v) is 6.26. The number of carbonyl (C=O) groups excluding carboxylic acids is 1. The number of fused-ring (bicyclic) bond motifs is 1. The average molecular weight is 417 g/mol. The maximum Gasteiger partial charge on any atom is 0.337 e. The van der Waals surface area contributed by atoms with Crippen molar-refractivity contribution in [3.05, 3.63) is 64.7 Å². The van der Waals surface area contributed by atoms with Crippen molar-refractivity contribution in [2.75, 3.05) is 18.4 Å². The van der Waals surface area contributed by atoms with E-state index in [1.165, 1.54) is 18.2 Å². The van der Waals surface area contributed by atoms with Gasteiger partial charge in [-0.3, -0.25) is 9.62 Å². The molecule has 1 aliphatic heterocycles. The first-order valence-electron chi connectivity index (χ1n) is 9.77. The molecule has 0 bridgehead atoms. The van der Waals surface area contributed by atoms with E-state index in [0.29, 0.717) is 22.7 Å². The Kier molecular flexibility index (Phi) is 6.59. The van der Waals surface area contributed by atoms with Crippen LogP contribution in [0.4, 0.5) is 5.69 Å². The highest BCUT2D eigenvalue weighted by atomic mass is 32.2. The highest BCUT2D eigenvalue weighted by Gasteiger charge is 2.20. The lowest BCUT2D eigenvalue weighted by Crippen LogP contribution is -2.18. The van der Waals surface area contributed by atoms with Crippen molar-refractivity contribution >= 4 is 21.7 Å². The van der Waals surface area contributed by atoms with Crippen molar-refractivity contribution in [3.8, 4) is 0 Å². The second kappa shape index (κ2) is 8.97. The van der Waals surface area contributed by atoms with E-state index in [-0.39, 0.29) is 5.75 Å². The number of ether oxygens (including phenoxy) is 1.